The molecule has 1 aliphatic heterocycles. The molecule has 0 spiro atoms. The maximum absolute atomic E-state index is 12.8. The molecular formula is C23H32N4O3S. The molecule has 3 rings (SSSR count). The van der Waals surface area contributed by atoms with Crippen molar-refractivity contribution < 1.29 is 13.2 Å². The lowest BCUT2D eigenvalue weighted by Crippen LogP contribution is -2.43. The third-order valence-corrected chi connectivity index (χ3v) is 6.96. The van der Waals surface area contributed by atoms with Gasteiger partial charge in [0.15, 0.2) is 5.96 Å². The van der Waals surface area contributed by atoms with Crippen LogP contribution in [-0.4, -0.2) is 53.4 Å². The molecule has 168 valence electrons. The van der Waals surface area contributed by atoms with Gasteiger partial charge in [0.05, 0.1) is 24.7 Å². The van der Waals surface area contributed by atoms with Gasteiger partial charge in [0.2, 0.25) is 10.0 Å². The van der Waals surface area contributed by atoms with E-state index in [-0.39, 0.29) is 11.7 Å². The van der Waals surface area contributed by atoms with Crippen LogP contribution in [0.3, 0.4) is 0 Å². The Morgan fingerprint density at radius 3 is 2.65 bits per heavy atom. The molecule has 0 saturated heterocycles. The quantitative estimate of drug-likeness (QED) is 0.434. The molecule has 2 N–H and O–H groups in total. The third-order valence-electron chi connectivity index (χ3n) is 5.19. The number of anilines is 1. The molecular weight excluding hydrogens is 412 g/mol. The van der Waals surface area contributed by atoms with Gasteiger partial charge in [0.1, 0.15) is 0 Å². The van der Waals surface area contributed by atoms with Crippen molar-refractivity contribution in [3.63, 3.8) is 0 Å². The van der Waals surface area contributed by atoms with Crippen LogP contribution in [-0.2, 0) is 27.8 Å². The zero-order valence-electron chi connectivity index (χ0n) is 18.3. The number of para-hydroxylation sites is 1. The number of nitrogens with zero attached hydrogens (tertiary/aromatic N) is 2. The van der Waals surface area contributed by atoms with Gasteiger partial charge in [-0.25, -0.2) is 8.42 Å². The maximum Gasteiger partial charge on any atom is 0.236 e. The van der Waals surface area contributed by atoms with Gasteiger partial charge in [0.25, 0.3) is 0 Å². The van der Waals surface area contributed by atoms with E-state index >= 15 is 0 Å². The normalized spacial score (nSPS) is 14.9. The molecule has 8 heteroatoms. The van der Waals surface area contributed by atoms with Crippen LogP contribution < -0.4 is 14.9 Å². The molecule has 1 heterocycles. The van der Waals surface area contributed by atoms with Gasteiger partial charge in [-0.2, -0.15) is 0 Å². The number of hydrogen-bond donors (Lipinski definition) is 2. The minimum absolute atomic E-state index is 0.0117. The summed E-state index contributed by atoms with van der Waals surface area (Å²) in [5.74, 6) is 0.886. The molecule has 0 saturated carbocycles. The number of rotatable bonds is 10. The lowest BCUT2D eigenvalue weighted by molar-refractivity contribution is 0.0931. The van der Waals surface area contributed by atoms with Gasteiger partial charge in [-0.05, 0) is 29.5 Å². The SMILES string of the molecule is CN=C(NCCS(=O)(=O)N1CCc2ccccc21)NCC(C)COCc1ccccc1. The van der Waals surface area contributed by atoms with Crippen molar-refractivity contribution in [2.75, 3.05) is 43.3 Å². The summed E-state index contributed by atoms with van der Waals surface area (Å²) in [6.45, 7) is 4.80. The molecule has 2 aromatic carbocycles. The minimum atomic E-state index is -3.38. The van der Waals surface area contributed by atoms with Gasteiger partial charge >= 0.3 is 0 Å². The van der Waals surface area contributed by atoms with Crippen LogP contribution in [0.5, 0.6) is 0 Å². The molecule has 0 fully saturated rings. The number of hydrogen-bond acceptors (Lipinski definition) is 4. The second-order valence-corrected chi connectivity index (χ2v) is 9.77. The second-order valence-electron chi connectivity index (χ2n) is 7.75. The van der Waals surface area contributed by atoms with Crippen LogP contribution in [0.1, 0.15) is 18.1 Å². The molecule has 0 radical (unpaired) electrons. The van der Waals surface area contributed by atoms with E-state index in [9.17, 15) is 8.42 Å². The fourth-order valence-corrected chi connectivity index (χ4v) is 4.94. The summed E-state index contributed by atoms with van der Waals surface area (Å²) in [4.78, 5) is 4.19. The number of benzene rings is 2. The smallest absolute Gasteiger partial charge is 0.236 e. The Morgan fingerprint density at radius 1 is 1.13 bits per heavy atom. The Balaban J connectivity index is 1.37. The zero-order valence-corrected chi connectivity index (χ0v) is 19.1. The highest BCUT2D eigenvalue weighted by atomic mass is 32.2. The summed E-state index contributed by atoms with van der Waals surface area (Å²) < 4.78 is 32.8. The number of sulfonamides is 1. The first-order valence-electron chi connectivity index (χ1n) is 10.6. The predicted molar refractivity (Wildman–Crippen MR) is 126 cm³/mol. The summed E-state index contributed by atoms with van der Waals surface area (Å²) in [7, 11) is -1.70. The molecule has 31 heavy (non-hydrogen) atoms. The van der Waals surface area contributed by atoms with E-state index in [0.717, 1.165) is 23.2 Å². The van der Waals surface area contributed by atoms with Crippen molar-refractivity contribution in [2.24, 2.45) is 10.9 Å². The average Bonchev–Trinajstić information content (AvgIpc) is 3.22. The summed E-state index contributed by atoms with van der Waals surface area (Å²) in [6, 6.07) is 17.8. The van der Waals surface area contributed by atoms with Crippen molar-refractivity contribution in [1.82, 2.24) is 10.6 Å². The first kappa shape index (κ1) is 23.1. The van der Waals surface area contributed by atoms with Crippen molar-refractivity contribution >= 4 is 21.7 Å². The van der Waals surface area contributed by atoms with Crippen LogP contribution in [0.4, 0.5) is 5.69 Å². The number of nitrogens with one attached hydrogen (secondary N) is 2. The predicted octanol–water partition coefficient (Wildman–Crippen LogP) is 2.40. The van der Waals surface area contributed by atoms with E-state index in [1.807, 2.05) is 54.6 Å². The van der Waals surface area contributed by atoms with Crippen molar-refractivity contribution in [3.05, 3.63) is 65.7 Å². The molecule has 1 atom stereocenters. The topological polar surface area (TPSA) is 83.0 Å². The van der Waals surface area contributed by atoms with E-state index < -0.39 is 10.0 Å². The molecule has 0 amide bonds. The highest BCUT2D eigenvalue weighted by molar-refractivity contribution is 7.92. The van der Waals surface area contributed by atoms with Crippen LogP contribution in [0.15, 0.2) is 59.6 Å². The van der Waals surface area contributed by atoms with Crippen LogP contribution in [0.25, 0.3) is 0 Å². The summed E-state index contributed by atoms with van der Waals surface area (Å²) in [5.41, 5.74) is 3.04. The van der Waals surface area contributed by atoms with E-state index in [4.69, 9.17) is 4.74 Å². The monoisotopic (exact) mass is 444 g/mol. The van der Waals surface area contributed by atoms with Crippen molar-refractivity contribution in [1.29, 1.82) is 0 Å². The fourth-order valence-electron chi connectivity index (χ4n) is 3.51. The van der Waals surface area contributed by atoms with Gasteiger partial charge in [-0.1, -0.05) is 55.5 Å². The van der Waals surface area contributed by atoms with Gasteiger partial charge in [-0.15, -0.1) is 0 Å². The molecule has 7 nitrogen and oxygen atoms in total. The van der Waals surface area contributed by atoms with Gasteiger partial charge < -0.3 is 15.4 Å². The molecule has 0 aliphatic carbocycles. The molecule has 0 bridgehead atoms. The van der Waals surface area contributed by atoms with Crippen LogP contribution in [0.2, 0.25) is 0 Å². The van der Waals surface area contributed by atoms with Crippen molar-refractivity contribution in [2.45, 2.75) is 20.0 Å². The molecule has 1 aliphatic rings. The van der Waals surface area contributed by atoms with Crippen LogP contribution >= 0.6 is 0 Å². The number of aliphatic imine (C=N–C) groups is 1. The zero-order chi connectivity index (χ0) is 22.1. The molecule has 0 aromatic heterocycles. The van der Waals surface area contributed by atoms with Crippen molar-refractivity contribution in [3.8, 4) is 0 Å². The van der Waals surface area contributed by atoms with E-state index in [2.05, 4.69) is 22.5 Å². The first-order chi connectivity index (χ1) is 15.0. The third kappa shape index (κ3) is 6.70. The Kier molecular flexibility index (Phi) is 8.31. The number of guanidine groups is 1. The van der Waals surface area contributed by atoms with Crippen LogP contribution in [0, 0.1) is 5.92 Å². The first-order valence-corrected chi connectivity index (χ1v) is 12.2. The van der Waals surface area contributed by atoms with E-state index in [0.29, 0.717) is 38.8 Å². The largest absolute Gasteiger partial charge is 0.376 e. The summed E-state index contributed by atoms with van der Waals surface area (Å²) >= 11 is 0. The number of ether oxygens (including phenoxy) is 1. The highest BCUT2D eigenvalue weighted by Crippen LogP contribution is 2.29. The Labute approximate surface area is 185 Å². The molecule has 2 aromatic rings. The summed E-state index contributed by atoms with van der Waals surface area (Å²) in [5, 5.41) is 6.34. The minimum Gasteiger partial charge on any atom is -0.376 e. The van der Waals surface area contributed by atoms with E-state index in [1.54, 1.807) is 7.05 Å². The fraction of sp³-hybridized carbons (Fsp3) is 0.435. The Hall–Kier alpha value is -2.58. The lowest BCUT2D eigenvalue weighted by atomic mass is 10.2. The standard InChI is InChI=1S/C23H32N4O3S/c1-19(17-30-18-20-8-4-3-5-9-20)16-26-23(24-2)25-13-15-31(28,29)27-14-12-21-10-6-7-11-22(21)27/h3-11,19H,12-18H2,1-2H3,(H2,24,25,26). The highest BCUT2D eigenvalue weighted by Gasteiger charge is 2.28. The maximum atomic E-state index is 12.8. The average molecular weight is 445 g/mol. The van der Waals surface area contributed by atoms with Gasteiger partial charge in [0, 0.05) is 26.7 Å². The van der Waals surface area contributed by atoms with E-state index in [1.165, 1.54) is 4.31 Å². The lowest BCUT2D eigenvalue weighted by Gasteiger charge is -2.20. The summed E-state index contributed by atoms with van der Waals surface area (Å²) in [6.07, 6.45) is 0.760. The van der Waals surface area contributed by atoms with Gasteiger partial charge in [-0.3, -0.25) is 9.30 Å². The molecule has 1 unspecified atom stereocenters. The Morgan fingerprint density at radius 2 is 1.87 bits per heavy atom. The Bertz CT molecular complexity index is 964. The second kappa shape index (κ2) is 11.2. The number of fused-ring (bicyclic) bond motifs is 1.